The average molecular weight is 169 g/mol. The smallest absolute Gasteiger partial charge is 0.320 e. The lowest BCUT2D eigenvalue weighted by molar-refractivity contribution is -0.138. The van der Waals surface area contributed by atoms with E-state index in [9.17, 15) is 4.79 Å². The SMILES string of the molecule is C/C=C/C=C/CCC(N)C(=O)O. The Morgan fingerprint density at radius 1 is 1.58 bits per heavy atom. The number of allylic oxidation sites excluding steroid dienone is 4. The summed E-state index contributed by atoms with van der Waals surface area (Å²) in [6, 6.07) is -0.736. The van der Waals surface area contributed by atoms with Crippen molar-refractivity contribution in [2.75, 3.05) is 0 Å². The summed E-state index contributed by atoms with van der Waals surface area (Å²) in [4.78, 5) is 10.3. The number of hydrogen-bond donors (Lipinski definition) is 2. The summed E-state index contributed by atoms with van der Waals surface area (Å²) in [5.41, 5.74) is 5.28. The van der Waals surface area contributed by atoms with Gasteiger partial charge in [0.05, 0.1) is 0 Å². The maximum Gasteiger partial charge on any atom is 0.320 e. The molecule has 0 fully saturated rings. The van der Waals surface area contributed by atoms with Crippen LogP contribution >= 0.6 is 0 Å². The standard InChI is InChI=1S/C9H15NO2/c1-2-3-4-5-6-7-8(10)9(11)12/h2-5,8H,6-7,10H2,1H3,(H,11,12)/b3-2+,5-4+. The van der Waals surface area contributed by atoms with Crippen molar-refractivity contribution in [1.29, 1.82) is 0 Å². The molecule has 0 rings (SSSR count). The Morgan fingerprint density at radius 2 is 2.25 bits per heavy atom. The van der Waals surface area contributed by atoms with E-state index >= 15 is 0 Å². The number of aliphatic carboxylic acids is 1. The molecule has 0 aromatic rings. The Morgan fingerprint density at radius 3 is 2.75 bits per heavy atom. The Bertz CT molecular complexity index is 185. The van der Waals surface area contributed by atoms with Crippen LogP contribution in [0.2, 0.25) is 0 Å². The number of hydrogen-bond acceptors (Lipinski definition) is 2. The van der Waals surface area contributed by atoms with Crippen molar-refractivity contribution in [2.45, 2.75) is 25.8 Å². The highest BCUT2D eigenvalue weighted by Gasteiger charge is 2.08. The Kier molecular flexibility index (Phi) is 6.01. The van der Waals surface area contributed by atoms with Gasteiger partial charge in [0.1, 0.15) is 6.04 Å². The minimum absolute atomic E-state index is 0.489. The molecule has 1 unspecified atom stereocenters. The van der Waals surface area contributed by atoms with Gasteiger partial charge in [0.25, 0.3) is 0 Å². The molecule has 12 heavy (non-hydrogen) atoms. The molecule has 0 saturated heterocycles. The molecule has 0 radical (unpaired) electrons. The van der Waals surface area contributed by atoms with Gasteiger partial charge in [-0.2, -0.15) is 0 Å². The van der Waals surface area contributed by atoms with E-state index in [2.05, 4.69) is 0 Å². The van der Waals surface area contributed by atoms with E-state index in [1.165, 1.54) is 0 Å². The molecule has 3 heteroatoms. The highest BCUT2D eigenvalue weighted by Crippen LogP contribution is 1.95. The van der Waals surface area contributed by atoms with Crippen LogP contribution in [-0.2, 0) is 4.79 Å². The Labute approximate surface area is 72.6 Å². The topological polar surface area (TPSA) is 63.3 Å². The van der Waals surface area contributed by atoms with E-state index in [1.807, 2.05) is 31.2 Å². The van der Waals surface area contributed by atoms with Gasteiger partial charge in [-0.25, -0.2) is 0 Å². The third-order valence-electron chi connectivity index (χ3n) is 1.40. The first-order chi connectivity index (χ1) is 5.68. The van der Waals surface area contributed by atoms with Crippen molar-refractivity contribution in [1.82, 2.24) is 0 Å². The molecule has 0 spiro atoms. The number of carbonyl (C=O) groups is 1. The van der Waals surface area contributed by atoms with Gasteiger partial charge < -0.3 is 10.8 Å². The predicted molar refractivity (Wildman–Crippen MR) is 48.8 cm³/mol. The summed E-state index contributed by atoms with van der Waals surface area (Å²) < 4.78 is 0. The summed E-state index contributed by atoms with van der Waals surface area (Å²) in [6.45, 7) is 1.92. The lowest BCUT2D eigenvalue weighted by Crippen LogP contribution is -2.29. The van der Waals surface area contributed by atoms with E-state index < -0.39 is 12.0 Å². The maximum absolute atomic E-state index is 10.3. The quantitative estimate of drug-likeness (QED) is 0.610. The second-order valence-corrected chi connectivity index (χ2v) is 2.48. The van der Waals surface area contributed by atoms with E-state index in [1.54, 1.807) is 0 Å². The highest BCUT2D eigenvalue weighted by molar-refractivity contribution is 5.72. The highest BCUT2D eigenvalue weighted by atomic mass is 16.4. The zero-order valence-corrected chi connectivity index (χ0v) is 7.23. The fraction of sp³-hybridized carbons (Fsp3) is 0.444. The molecule has 0 aliphatic heterocycles. The van der Waals surface area contributed by atoms with Crippen LogP contribution in [0.4, 0.5) is 0 Å². The zero-order valence-electron chi connectivity index (χ0n) is 7.23. The van der Waals surface area contributed by atoms with Crippen molar-refractivity contribution >= 4 is 5.97 Å². The van der Waals surface area contributed by atoms with Gasteiger partial charge in [0.2, 0.25) is 0 Å². The fourth-order valence-electron chi connectivity index (χ4n) is 0.685. The molecule has 0 saturated carbocycles. The van der Waals surface area contributed by atoms with Crippen molar-refractivity contribution in [3.63, 3.8) is 0 Å². The molecular weight excluding hydrogens is 154 g/mol. The van der Waals surface area contributed by atoms with E-state index in [0.29, 0.717) is 12.8 Å². The molecule has 0 heterocycles. The van der Waals surface area contributed by atoms with Crippen LogP contribution in [0.5, 0.6) is 0 Å². The van der Waals surface area contributed by atoms with Crippen molar-refractivity contribution in [3.05, 3.63) is 24.3 Å². The van der Waals surface area contributed by atoms with Crippen LogP contribution in [-0.4, -0.2) is 17.1 Å². The van der Waals surface area contributed by atoms with E-state index in [-0.39, 0.29) is 0 Å². The number of nitrogens with two attached hydrogens (primary N) is 1. The minimum Gasteiger partial charge on any atom is -0.480 e. The molecule has 3 nitrogen and oxygen atoms in total. The fourth-order valence-corrected chi connectivity index (χ4v) is 0.685. The lowest BCUT2D eigenvalue weighted by Gasteiger charge is -2.01. The molecule has 0 amide bonds. The van der Waals surface area contributed by atoms with Crippen LogP contribution in [0.1, 0.15) is 19.8 Å². The number of carboxylic acids is 1. The Balaban J connectivity index is 3.49. The van der Waals surface area contributed by atoms with Crippen molar-refractivity contribution in [3.8, 4) is 0 Å². The second kappa shape index (κ2) is 6.61. The monoisotopic (exact) mass is 169 g/mol. The van der Waals surface area contributed by atoms with Gasteiger partial charge in [-0.1, -0.05) is 24.3 Å². The van der Waals surface area contributed by atoms with Gasteiger partial charge >= 0.3 is 5.97 Å². The normalized spacial score (nSPS) is 14.2. The lowest BCUT2D eigenvalue weighted by atomic mass is 10.1. The Hall–Kier alpha value is -1.09. The van der Waals surface area contributed by atoms with E-state index in [0.717, 1.165) is 0 Å². The van der Waals surface area contributed by atoms with Crippen LogP contribution < -0.4 is 5.73 Å². The summed E-state index contributed by atoms with van der Waals surface area (Å²) in [5.74, 6) is -0.936. The zero-order chi connectivity index (χ0) is 9.40. The molecule has 1 atom stereocenters. The van der Waals surface area contributed by atoms with Crippen LogP contribution in [0.25, 0.3) is 0 Å². The molecule has 3 N–H and O–H groups in total. The van der Waals surface area contributed by atoms with Crippen LogP contribution in [0.15, 0.2) is 24.3 Å². The predicted octanol–water partition coefficient (Wildman–Crippen LogP) is 1.31. The molecule has 0 aromatic carbocycles. The number of carboxylic acid groups (broad SMARTS) is 1. The van der Waals surface area contributed by atoms with Gasteiger partial charge in [-0.3, -0.25) is 4.79 Å². The van der Waals surface area contributed by atoms with Crippen molar-refractivity contribution < 1.29 is 9.90 Å². The average Bonchev–Trinajstić information content (AvgIpc) is 2.03. The largest absolute Gasteiger partial charge is 0.480 e. The first-order valence-corrected chi connectivity index (χ1v) is 3.94. The summed E-state index contributed by atoms with van der Waals surface area (Å²) in [5, 5.41) is 8.42. The third kappa shape index (κ3) is 5.68. The van der Waals surface area contributed by atoms with Gasteiger partial charge in [0, 0.05) is 0 Å². The summed E-state index contributed by atoms with van der Waals surface area (Å²) in [7, 11) is 0. The van der Waals surface area contributed by atoms with Crippen LogP contribution in [0.3, 0.4) is 0 Å². The molecule has 0 aliphatic carbocycles. The maximum atomic E-state index is 10.3. The first-order valence-electron chi connectivity index (χ1n) is 3.94. The molecule has 0 aromatic heterocycles. The third-order valence-corrected chi connectivity index (χ3v) is 1.40. The first kappa shape index (κ1) is 10.9. The molecule has 0 bridgehead atoms. The van der Waals surface area contributed by atoms with Gasteiger partial charge in [0.15, 0.2) is 0 Å². The summed E-state index contributed by atoms with van der Waals surface area (Å²) in [6.07, 6.45) is 8.79. The summed E-state index contributed by atoms with van der Waals surface area (Å²) >= 11 is 0. The molecule has 68 valence electrons. The van der Waals surface area contributed by atoms with Gasteiger partial charge in [-0.15, -0.1) is 0 Å². The molecule has 0 aliphatic rings. The van der Waals surface area contributed by atoms with Crippen LogP contribution in [0, 0.1) is 0 Å². The number of rotatable bonds is 5. The minimum atomic E-state index is -0.936. The molecular formula is C9H15NO2. The second-order valence-electron chi connectivity index (χ2n) is 2.48. The van der Waals surface area contributed by atoms with E-state index in [4.69, 9.17) is 10.8 Å². The van der Waals surface area contributed by atoms with Crippen molar-refractivity contribution in [2.24, 2.45) is 5.73 Å². The van der Waals surface area contributed by atoms with Gasteiger partial charge in [-0.05, 0) is 19.8 Å².